The maximum Gasteiger partial charge on any atom is 0.329 e. The maximum atomic E-state index is 12.1. The highest BCUT2D eigenvalue weighted by Crippen LogP contribution is 2.40. The van der Waals surface area contributed by atoms with E-state index in [-0.39, 0.29) is 10.4 Å². The van der Waals surface area contributed by atoms with Crippen LogP contribution in [0.3, 0.4) is 0 Å². The number of thiophene rings is 1. The zero-order valence-electron chi connectivity index (χ0n) is 18.8. The lowest BCUT2D eigenvalue weighted by atomic mass is 9.86. The van der Waals surface area contributed by atoms with Crippen LogP contribution in [0.5, 0.6) is 0 Å². The third-order valence-corrected chi connectivity index (χ3v) is 9.45. The van der Waals surface area contributed by atoms with Crippen molar-refractivity contribution in [2.75, 3.05) is 11.9 Å². The fourth-order valence-corrected chi connectivity index (χ4v) is 7.19. The lowest BCUT2D eigenvalue weighted by Crippen LogP contribution is -2.53. The number of halogens is 1. The molecular formula is C21H29ClN3O5S3-. The van der Waals surface area contributed by atoms with Crippen LogP contribution in [-0.2, 0) is 20.8 Å². The van der Waals surface area contributed by atoms with Crippen molar-refractivity contribution in [1.82, 2.24) is 9.62 Å². The monoisotopic (exact) mass is 534 g/mol. The van der Waals surface area contributed by atoms with Gasteiger partial charge >= 0.3 is 5.97 Å². The molecule has 1 fully saturated rings. The van der Waals surface area contributed by atoms with Crippen molar-refractivity contribution in [2.45, 2.75) is 70.0 Å². The SMILES string of the molecule is Cc1c(C2NC=CO2)sc(NCCC2CCCCC2Cl)c1C(=S)N(S(=O)[O-])C(C)(C)C(=O)O. The Hall–Kier alpha value is -1.40. The van der Waals surface area contributed by atoms with Crippen LogP contribution in [0.2, 0.25) is 0 Å². The van der Waals surface area contributed by atoms with Crippen LogP contribution < -0.4 is 10.6 Å². The number of carboxylic acid groups (broad SMARTS) is 1. The van der Waals surface area contributed by atoms with Gasteiger partial charge in [-0.2, -0.15) is 0 Å². The smallest absolute Gasteiger partial charge is 0.329 e. The van der Waals surface area contributed by atoms with Gasteiger partial charge in [-0.05, 0) is 51.5 Å². The third-order valence-electron chi connectivity index (χ3n) is 6.15. The molecule has 0 saturated heterocycles. The summed E-state index contributed by atoms with van der Waals surface area (Å²) in [5.41, 5.74) is -0.530. The van der Waals surface area contributed by atoms with Crippen molar-refractivity contribution in [3.8, 4) is 0 Å². The van der Waals surface area contributed by atoms with Crippen LogP contribution in [0.15, 0.2) is 12.5 Å². The number of hydrogen-bond acceptors (Lipinski definition) is 8. The molecule has 4 atom stereocenters. The molecule has 1 aromatic heterocycles. The molecule has 1 aromatic rings. The van der Waals surface area contributed by atoms with Gasteiger partial charge in [-0.25, -0.2) is 4.79 Å². The molecule has 12 heteroatoms. The van der Waals surface area contributed by atoms with Gasteiger partial charge in [0, 0.05) is 35.0 Å². The first kappa shape index (κ1) is 26.2. The Morgan fingerprint density at radius 1 is 1.48 bits per heavy atom. The number of alkyl halides is 1. The van der Waals surface area contributed by atoms with E-state index in [2.05, 4.69) is 10.6 Å². The number of nitrogens with zero attached hydrogens (tertiary/aromatic N) is 1. The minimum absolute atomic E-state index is 0.0722. The van der Waals surface area contributed by atoms with Gasteiger partial charge in [-0.15, -0.1) is 22.9 Å². The lowest BCUT2D eigenvalue weighted by molar-refractivity contribution is -0.145. The average Bonchev–Trinajstić information content (AvgIpc) is 3.36. The normalized spacial score (nSPS) is 23.5. The summed E-state index contributed by atoms with van der Waals surface area (Å²) in [6, 6.07) is 0. The minimum Gasteiger partial charge on any atom is -0.755 e. The van der Waals surface area contributed by atoms with Gasteiger partial charge in [0.25, 0.3) is 0 Å². The first-order chi connectivity index (χ1) is 15.6. The Balaban J connectivity index is 1.91. The number of thiocarbonyl (C=S) groups is 1. The van der Waals surface area contributed by atoms with E-state index < -0.39 is 29.0 Å². The molecule has 1 saturated carbocycles. The molecule has 3 N–H and O–H groups in total. The van der Waals surface area contributed by atoms with Gasteiger partial charge in [0.05, 0.1) is 9.88 Å². The van der Waals surface area contributed by atoms with Crippen LogP contribution in [0.4, 0.5) is 5.00 Å². The number of hydrogen-bond donors (Lipinski definition) is 3. The summed E-state index contributed by atoms with van der Waals surface area (Å²) < 4.78 is 30.5. The Bertz CT molecular complexity index is 944. The molecule has 2 heterocycles. The summed E-state index contributed by atoms with van der Waals surface area (Å²) in [6.07, 6.45) is 8.15. The Labute approximate surface area is 211 Å². The van der Waals surface area contributed by atoms with Crippen LogP contribution >= 0.6 is 35.2 Å². The zero-order valence-corrected chi connectivity index (χ0v) is 22.0. The fraction of sp³-hybridized carbons (Fsp3) is 0.619. The van der Waals surface area contributed by atoms with E-state index >= 15 is 0 Å². The summed E-state index contributed by atoms with van der Waals surface area (Å²) in [4.78, 5) is 12.6. The van der Waals surface area contributed by atoms with E-state index in [1.165, 1.54) is 31.6 Å². The molecule has 0 spiro atoms. The van der Waals surface area contributed by atoms with Crippen molar-refractivity contribution >= 4 is 62.4 Å². The predicted molar refractivity (Wildman–Crippen MR) is 134 cm³/mol. The van der Waals surface area contributed by atoms with Crippen LogP contribution in [0.1, 0.15) is 68.2 Å². The molecule has 3 rings (SSSR count). The van der Waals surface area contributed by atoms with E-state index in [0.717, 1.165) is 40.4 Å². The number of ether oxygens (including phenoxy) is 1. The van der Waals surface area contributed by atoms with Crippen LogP contribution in [-0.4, -0.2) is 46.6 Å². The molecular weight excluding hydrogens is 506 g/mol. The van der Waals surface area contributed by atoms with E-state index in [9.17, 15) is 18.7 Å². The van der Waals surface area contributed by atoms with Crippen LogP contribution in [0, 0.1) is 12.8 Å². The molecule has 0 aromatic carbocycles. The number of carboxylic acids is 1. The summed E-state index contributed by atoms with van der Waals surface area (Å²) >= 11 is 10.6. The molecule has 33 heavy (non-hydrogen) atoms. The predicted octanol–water partition coefficient (Wildman–Crippen LogP) is 4.38. The maximum absolute atomic E-state index is 12.1. The average molecular weight is 535 g/mol. The van der Waals surface area contributed by atoms with Gasteiger partial charge in [0.1, 0.15) is 16.8 Å². The Morgan fingerprint density at radius 3 is 2.76 bits per heavy atom. The van der Waals surface area contributed by atoms with Gasteiger partial charge in [-0.3, -0.25) is 8.51 Å². The van der Waals surface area contributed by atoms with E-state index in [1.54, 1.807) is 12.5 Å². The minimum atomic E-state index is -2.89. The second-order valence-electron chi connectivity index (χ2n) is 8.74. The van der Waals surface area contributed by atoms with E-state index in [4.69, 9.17) is 28.6 Å². The molecule has 0 amide bonds. The molecule has 8 nitrogen and oxygen atoms in total. The second kappa shape index (κ2) is 10.9. The number of aliphatic carboxylic acids is 1. The Kier molecular flexibility index (Phi) is 8.66. The first-order valence-corrected chi connectivity index (χ1v) is 13.5. The van der Waals surface area contributed by atoms with Gasteiger partial charge in [0.15, 0.2) is 0 Å². The van der Waals surface area contributed by atoms with Gasteiger partial charge in [0.2, 0.25) is 6.23 Å². The largest absolute Gasteiger partial charge is 0.755 e. The summed E-state index contributed by atoms with van der Waals surface area (Å²) in [6.45, 7) is 5.09. The first-order valence-electron chi connectivity index (χ1n) is 10.8. The highest BCUT2D eigenvalue weighted by Gasteiger charge is 2.40. The molecule has 0 bridgehead atoms. The highest BCUT2D eigenvalue weighted by atomic mass is 35.5. The summed E-state index contributed by atoms with van der Waals surface area (Å²) in [5, 5.41) is 17.0. The van der Waals surface area contributed by atoms with Crippen molar-refractivity contribution in [2.24, 2.45) is 5.92 Å². The molecule has 1 aliphatic heterocycles. The molecule has 1 aliphatic carbocycles. The van der Waals surface area contributed by atoms with Crippen molar-refractivity contribution in [1.29, 1.82) is 0 Å². The van der Waals surface area contributed by atoms with Crippen molar-refractivity contribution in [3.63, 3.8) is 0 Å². The van der Waals surface area contributed by atoms with Crippen molar-refractivity contribution < 1.29 is 23.4 Å². The van der Waals surface area contributed by atoms with E-state index in [0.29, 0.717) is 23.0 Å². The zero-order chi connectivity index (χ0) is 24.3. The summed E-state index contributed by atoms with van der Waals surface area (Å²) in [5.74, 6) is -0.878. The molecule has 184 valence electrons. The van der Waals surface area contributed by atoms with Gasteiger partial charge < -0.3 is 25.0 Å². The third kappa shape index (κ3) is 5.64. The fourth-order valence-electron chi connectivity index (χ4n) is 4.14. The Morgan fingerprint density at radius 2 is 2.18 bits per heavy atom. The summed E-state index contributed by atoms with van der Waals surface area (Å²) in [7, 11) is 0. The number of carbonyl (C=O) groups is 1. The second-order valence-corrected chi connectivity index (χ2v) is 11.5. The quantitative estimate of drug-likeness (QED) is 0.243. The number of rotatable bonds is 9. The topological polar surface area (TPSA) is 114 Å². The molecule has 2 aliphatic rings. The van der Waals surface area contributed by atoms with Crippen LogP contribution in [0.25, 0.3) is 0 Å². The standard InChI is InChI=1S/C21H30ClN3O5S3/c1-12-15(19(31)25(33(28)29)21(2,3)20(26)27)18(32-16(12)17-23-10-11-30-17)24-9-8-13-6-4-5-7-14(13)22/h10-11,13-14,17,23-24H,4-9H2,1-3H3,(H,26,27)(H,28,29)/p-1. The molecule has 0 radical (unpaired) electrons. The lowest BCUT2D eigenvalue weighted by Gasteiger charge is -2.38. The van der Waals surface area contributed by atoms with Gasteiger partial charge in [-0.1, -0.05) is 25.1 Å². The molecule has 4 unspecified atom stereocenters. The highest BCUT2D eigenvalue weighted by molar-refractivity contribution is 7.84. The van der Waals surface area contributed by atoms with Crippen molar-refractivity contribution in [3.05, 3.63) is 28.5 Å². The number of nitrogens with one attached hydrogen (secondary N) is 2. The van der Waals surface area contributed by atoms with E-state index in [1.807, 2.05) is 6.92 Å². The number of anilines is 1.